The fourth-order valence-corrected chi connectivity index (χ4v) is 7.22. The minimum absolute atomic E-state index is 0.00184. The first kappa shape index (κ1) is 33.7. The van der Waals surface area contributed by atoms with Gasteiger partial charge in [-0.1, -0.05) is 12.1 Å². The van der Waals surface area contributed by atoms with E-state index in [0.29, 0.717) is 6.61 Å². The molecule has 0 saturated carbocycles. The number of benzene rings is 2. The highest BCUT2D eigenvalue weighted by atomic mass is 17.3. The van der Waals surface area contributed by atoms with E-state index in [4.69, 9.17) is 34.6 Å². The molecule has 15 heteroatoms. The lowest BCUT2D eigenvalue weighted by Crippen LogP contribution is -2.62. The number of methoxy groups -OCH3 is 2. The van der Waals surface area contributed by atoms with Crippen LogP contribution in [-0.4, -0.2) is 120 Å². The van der Waals surface area contributed by atoms with Crippen molar-refractivity contribution < 1.29 is 63.6 Å². The van der Waals surface area contributed by atoms with Gasteiger partial charge in [-0.3, -0.25) is 14.5 Å². The van der Waals surface area contributed by atoms with Crippen LogP contribution in [0.1, 0.15) is 68.8 Å². The van der Waals surface area contributed by atoms with Gasteiger partial charge in [-0.05, 0) is 19.4 Å². The van der Waals surface area contributed by atoms with Crippen LogP contribution < -0.4 is 10.6 Å². The summed E-state index contributed by atoms with van der Waals surface area (Å²) in [6, 6.07) is 4.70. The van der Waals surface area contributed by atoms with Gasteiger partial charge in [-0.15, -0.1) is 0 Å². The average molecular weight is 661 g/mol. The fraction of sp³-hybridized carbons (Fsp3) is 0.562. The Bertz CT molecular complexity index is 1540. The SMILES string of the molecule is COC1CN(C2CCOC(C)C2O)CCO1.COc1cccc2c1C(=O)c1c(O)c3c(c(O)c1C2=O)CC1(CC3O)OOC1CON. The van der Waals surface area contributed by atoms with E-state index in [1.54, 1.807) is 13.2 Å². The summed E-state index contributed by atoms with van der Waals surface area (Å²) in [6.45, 7) is 4.86. The van der Waals surface area contributed by atoms with Gasteiger partial charge in [0.2, 0.25) is 5.78 Å². The number of nitrogens with two attached hydrogens (primary N) is 1. The maximum atomic E-state index is 13.3. The number of phenols is 2. The summed E-state index contributed by atoms with van der Waals surface area (Å²) < 4.78 is 21.3. The quantitative estimate of drug-likeness (QED) is 0.145. The highest BCUT2D eigenvalue weighted by Gasteiger charge is 2.57. The summed E-state index contributed by atoms with van der Waals surface area (Å²) in [5.74, 6) is 2.94. The molecule has 3 saturated heterocycles. The van der Waals surface area contributed by atoms with Gasteiger partial charge < -0.3 is 44.2 Å². The molecule has 1 spiro atoms. The van der Waals surface area contributed by atoms with Gasteiger partial charge in [-0.2, -0.15) is 0 Å². The number of rotatable bonds is 5. The molecule has 0 bridgehead atoms. The maximum Gasteiger partial charge on any atom is 0.202 e. The second kappa shape index (κ2) is 13.4. The standard InChI is InChI=1S/C21H19NO9.C11H21NO4/c1-28-11-4-2-3-8-14(11)20(27)16-15(17(8)24)18(25)9-5-21(12(7-29-22)30-31-21)6-10(23)13(9)19(16)26;1-8-11(13)9(3-5-15-8)12-4-6-16-10(7-12)14-2/h2-4,10,12,23,25-26H,5-7,22H2,1H3;8-11,13H,3-7H2,1-2H3. The molecule has 2 aromatic carbocycles. The molecule has 47 heavy (non-hydrogen) atoms. The molecule has 0 aromatic heterocycles. The van der Waals surface area contributed by atoms with Crippen molar-refractivity contribution in [2.75, 3.05) is 47.1 Å². The lowest BCUT2D eigenvalue weighted by molar-refractivity contribution is -0.518. The largest absolute Gasteiger partial charge is 0.507 e. The number of phenolic OH excluding ortho intramolecular Hbond substituents is 2. The molecule has 2 aliphatic carbocycles. The van der Waals surface area contributed by atoms with E-state index >= 15 is 0 Å². The van der Waals surface area contributed by atoms with Crippen LogP contribution in [0.25, 0.3) is 0 Å². The molecule has 3 fully saturated rings. The number of hydrogen-bond acceptors (Lipinski definition) is 15. The minimum Gasteiger partial charge on any atom is -0.507 e. The zero-order chi connectivity index (χ0) is 33.6. The molecule has 7 unspecified atom stereocenters. The van der Waals surface area contributed by atoms with E-state index in [-0.39, 0.29) is 77.0 Å². The molecule has 3 heterocycles. The number of carbonyl (C=O) groups excluding carboxylic acids is 2. The summed E-state index contributed by atoms with van der Waals surface area (Å²) in [6.07, 6.45) is -1.70. The number of fused-ring (bicyclic) bond motifs is 3. The van der Waals surface area contributed by atoms with Gasteiger partial charge >= 0.3 is 0 Å². The number of aromatic hydroxyl groups is 2. The van der Waals surface area contributed by atoms with E-state index in [0.717, 1.165) is 26.1 Å². The molecule has 7 atom stereocenters. The van der Waals surface area contributed by atoms with Gasteiger partial charge in [0.25, 0.3) is 0 Å². The lowest BCUT2D eigenvalue weighted by Gasteiger charge is -2.50. The van der Waals surface area contributed by atoms with Gasteiger partial charge in [-0.25, -0.2) is 15.7 Å². The number of hydrogen-bond donors (Lipinski definition) is 5. The number of ether oxygens (including phenoxy) is 4. The smallest absolute Gasteiger partial charge is 0.202 e. The topological polar surface area (TPSA) is 209 Å². The Morgan fingerprint density at radius 1 is 1.04 bits per heavy atom. The predicted octanol–water partition coefficient (Wildman–Crippen LogP) is 0.650. The van der Waals surface area contributed by atoms with Crippen molar-refractivity contribution in [1.82, 2.24) is 4.90 Å². The third kappa shape index (κ3) is 5.69. The van der Waals surface area contributed by atoms with Gasteiger partial charge in [0.15, 0.2) is 18.2 Å². The average Bonchev–Trinajstić information content (AvgIpc) is 3.08. The third-order valence-electron chi connectivity index (χ3n) is 9.74. The van der Waals surface area contributed by atoms with E-state index in [1.807, 2.05) is 6.92 Å². The maximum absolute atomic E-state index is 13.3. The normalized spacial score (nSPS) is 31.6. The number of aliphatic hydroxyl groups is 2. The second-order valence-electron chi connectivity index (χ2n) is 12.3. The van der Waals surface area contributed by atoms with Crippen LogP contribution in [0, 0.1) is 0 Å². The van der Waals surface area contributed by atoms with Crippen LogP contribution in [0.4, 0.5) is 0 Å². The van der Waals surface area contributed by atoms with Crippen molar-refractivity contribution in [3.63, 3.8) is 0 Å². The van der Waals surface area contributed by atoms with E-state index < -0.39 is 47.0 Å². The van der Waals surface area contributed by atoms with Crippen molar-refractivity contribution in [3.05, 3.63) is 51.6 Å². The zero-order valence-electron chi connectivity index (χ0n) is 26.3. The van der Waals surface area contributed by atoms with Crippen LogP contribution in [0.3, 0.4) is 0 Å². The van der Waals surface area contributed by atoms with Crippen LogP contribution in [0.5, 0.6) is 17.2 Å². The fourth-order valence-electron chi connectivity index (χ4n) is 7.22. The third-order valence-corrected chi connectivity index (χ3v) is 9.74. The zero-order valence-corrected chi connectivity index (χ0v) is 26.3. The Kier molecular flexibility index (Phi) is 9.57. The number of ketones is 2. The van der Waals surface area contributed by atoms with Gasteiger partial charge in [0.05, 0.1) is 48.7 Å². The molecular weight excluding hydrogens is 620 g/mol. The number of carbonyl (C=O) groups is 2. The Labute approximate surface area is 270 Å². The van der Waals surface area contributed by atoms with Crippen molar-refractivity contribution in [2.45, 2.75) is 68.5 Å². The predicted molar refractivity (Wildman–Crippen MR) is 160 cm³/mol. The molecule has 6 N–H and O–H groups in total. The summed E-state index contributed by atoms with van der Waals surface area (Å²) in [4.78, 5) is 43.7. The first-order valence-corrected chi connectivity index (χ1v) is 15.5. The number of aliphatic hydroxyl groups excluding tert-OH is 2. The molecule has 0 amide bonds. The van der Waals surface area contributed by atoms with Crippen LogP contribution in [0.2, 0.25) is 0 Å². The molecule has 3 aliphatic heterocycles. The highest BCUT2D eigenvalue weighted by molar-refractivity contribution is 6.31. The summed E-state index contributed by atoms with van der Waals surface area (Å²) >= 11 is 0. The molecule has 15 nitrogen and oxygen atoms in total. The Morgan fingerprint density at radius 3 is 2.49 bits per heavy atom. The second-order valence-corrected chi connectivity index (χ2v) is 12.3. The summed E-state index contributed by atoms with van der Waals surface area (Å²) in [7, 11) is 3.01. The van der Waals surface area contributed by atoms with E-state index in [1.165, 1.54) is 19.2 Å². The molecule has 256 valence electrons. The monoisotopic (exact) mass is 660 g/mol. The minimum atomic E-state index is -1.30. The van der Waals surface area contributed by atoms with Gasteiger partial charge in [0, 0.05) is 62.4 Å². The van der Waals surface area contributed by atoms with Crippen LogP contribution in [0.15, 0.2) is 18.2 Å². The molecule has 2 aromatic rings. The molecule has 7 rings (SSSR count). The van der Waals surface area contributed by atoms with Gasteiger partial charge in [0.1, 0.15) is 29.5 Å². The Hall–Kier alpha value is -3.22. The first-order valence-electron chi connectivity index (χ1n) is 15.5. The number of nitrogens with zero attached hydrogens (tertiary/aromatic N) is 1. The summed E-state index contributed by atoms with van der Waals surface area (Å²) in [5, 5.41) is 42.9. The molecule has 0 radical (unpaired) electrons. The van der Waals surface area contributed by atoms with Crippen LogP contribution in [-0.2, 0) is 35.2 Å². The van der Waals surface area contributed by atoms with E-state index in [2.05, 4.69) is 9.74 Å². The summed E-state index contributed by atoms with van der Waals surface area (Å²) in [5.41, 5.74) is -1.62. The van der Waals surface area contributed by atoms with Crippen molar-refractivity contribution in [1.29, 1.82) is 0 Å². The van der Waals surface area contributed by atoms with Crippen molar-refractivity contribution in [2.24, 2.45) is 5.90 Å². The van der Waals surface area contributed by atoms with Crippen LogP contribution >= 0.6 is 0 Å². The van der Waals surface area contributed by atoms with Crippen molar-refractivity contribution in [3.8, 4) is 17.2 Å². The first-order chi connectivity index (χ1) is 22.6. The Balaban J connectivity index is 0.000000203. The van der Waals surface area contributed by atoms with Crippen molar-refractivity contribution >= 4 is 11.6 Å². The number of morpholine rings is 1. The Morgan fingerprint density at radius 2 is 1.81 bits per heavy atom. The highest BCUT2D eigenvalue weighted by Crippen LogP contribution is 2.54. The lowest BCUT2D eigenvalue weighted by atomic mass is 9.71. The van der Waals surface area contributed by atoms with E-state index in [9.17, 15) is 30.0 Å². The molecule has 5 aliphatic rings. The molecular formula is C32H40N2O13.